The number of anilines is 2. The van der Waals surface area contributed by atoms with E-state index in [9.17, 15) is 32.9 Å². The summed E-state index contributed by atoms with van der Waals surface area (Å²) in [5.41, 5.74) is 0.162. The number of halogens is 4. The summed E-state index contributed by atoms with van der Waals surface area (Å²) in [6.45, 7) is 0.904. The van der Waals surface area contributed by atoms with E-state index in [0.29, 0.717) is 30.0 Å². The minimum atomic E-state index is -4.65. The SMILES string of the molecule is C[S+]([O-])c1nc2c(c(N3CCN(C(=O)O)C(CC#N)C3)n1)CCN(c1cccc(Cl)c1C(F)(F)F)C2. The Bertz CT molecular complexity index is 1210. The van der Waals surface area contributed by atoms with Gasteiger partial charge in [0.1, 0.15) is 12.1 Å². The largest absolute Gasteiger partial charge is 0.609 e. The Balaban J connectivity index is 1.71. The summed E-state index contributed by atoms with van der Waals surface area (Å²) in [4.78, 5) is 25.1. The molecule has 36 heavy (non-hydrogen) atoms. The minimum Gasteiger partial charge on any atom is -0.609 e. The van der Waals surface area contributed by atoms with E-state index in [0.717, 1.165) is 0 Å². The van der Waals surface area contributed by atoms with Gasteiger partial charge in [-0.05, 0) is 18.6 Å². The molecule has 0 spiro atoms. The lowest BCUT2D eigenvalue weighted by Crippen LogP contribution is -2.55. The third kappa shape index (κ3) is 5.11. The fourth-order valence-electron chi connectivity index (χ4n) is 4.62. The maximum Gasteiger partial charge on any atom is 0.419 e. The van der Waals surface area contributed by atoms with E-state index >= 15 is 0 Å². The molecule has 192 valence electrons. The molecule has 1 amide bonds. The fraction of sp³-hybridized carbons (Fsp3) is 0.455. The summed E-state index contributed by atoms with van der Waals surface area (Å²) in [7, 11) is 0. The summed E-state index contributed by atoms with van der Waals surface area (Å²) in [5.74, 6) is 0.472. The van der Waals surface area contributed by atoms with Crippen molar-refractivity contribution in [2.45, 2.75) is 36.8 Å². The number of hydrogen-bond acceptors (Lipinski definition) is 7. The van der Waals surface area contributed by atoms with Crippen LogP contribution in [0.5, 0.6) is 0 Å². The number of fused-ring (bicyclic) bond motifs is 1. The quantitative estimate of drug-likeness (QED) is 0.460. The topological polar surface area (TPSA) is 120 Å². The molecule has 1 fully saturated rings. The second kappa shape index (κ2) is 10.2. The molecular formula is C22H22ClF3N6O3S. The first-order valence-corrected chi connectivity index (χ1v) is 12.9. The predicted octanol–water partition coefficient (Wildman–Crippen LogP) is 3.53. The number of carbonyl (C=O) groups is 1. The number of amides is 1. The van der Waals surface area contributed by atoms with Crippen molar-refractivity contribution in [2.24, 2.45) is 0 Å². The van der Waals surface area contributed by atoms with Crippen LogP contribution in [0, 0.1) is 11.3 Å². The fourth-order valence-corrected chi connectivity index (χ4v) is 5.35. The monoisotopic (exact) mass is 542 g/mol. The average molecular weight is 543 g/mol. The maximum absolute atomic E-state index is 13.8. The molecule has 1 saturated heterocycles. The molecule has 2 aliphatic rings. The molecule has 2 aromatic rings. The average Bonchev–Trinajstić information content (AvgIpc) is 2.82. The number of hydrogen-bond donors (Lipinski definition) is 1. The van der Waals surface area contributed by atoms with E-state index < -0.39 is 40.1 Å². The first-order chi connectivity index (χ1) is 17.0. The van der Waals surface area contributed by atoms with Crippen molar-refractivity contribution in [3.05, 3.63) is 40.0 Å². The van der Waals surface area contributed by atoms with E-state index in [2.05, 4.69) is 9.97 Å². The minimum absolute atomic E-state index is 0.00853. The number of carboxylic acid groups (broad SMARTS) is 1. The van der Waals surface area contributed by atoms with E-state index in [4.69, 9.17) is 11.6 Å². The highest BCUT2D eigenvalue weighted by Crippen LogP contribution is 2.42. The molecule has 2 unspecified atom stereocenters. The summed E-state index contributed by atoms with van der Waals surface area (Å²) in [6, 6.07) is 5.44. The molecule has 4 rings (SSSR count). The van der Waals surface area contributed by atoms with E-state index in [1.54, 1.807) is 0 Å². The van der Waals surface area contributed by atoms with Gasteiger partial charge < -0.3 is 24.4 Å². The number of nitriles is 1. The molecule has 3 heterocycles. The lowest BCUT2D eigenvalue weighted by molar-refractivity contribution is -0.137. The van der Waals surface area contributed by atoms with E-state index in [1.165, 1.54) is 34.3 Å². The Morgan fingerprint density at radius 2 is 2.06 bits per heavy atom. The number of piperazine rings is 1. The summed E-state index contributed by atoms with van der Waals surface area (Å²) >= 11 is 4.34. The summed E-state index contributed by atoms with van der Waals surface area (Å²) < 4.78 is 53.6. The van der Waals surface area contributed by atoms with Gasteiger partial charge in [-0.3, -0.25) is 0 Å². The van der Waals surface area contributed by atoms with Gasteiger partial charge in [-0.2, -0.15) is 28.4 Å². The zero-order chi connectivity index (χ0) is 26.2. The highest BCUT2D eigenvalue weighted by Gasteiger charge is 2.39. The van der Waals surface area contributed by atoms with Gasteiger partial charge in [0, 0.05) is 42.9 Å². The smallest absolute Gasteiger partial charge is 0.419 e. The van der Waals surface area contributed by atoms with Crippen LogP contribution in [0.15, 0.2) is 23.4 Å². The van der Waals surface area contributed by atoms with Crippen LogP contribution in [-0.4, -0.2) is 69.1 Å². The zero-order valence-corrected chi connectivity index (χ0v) is 20.7. The van der Waals surface area contributed by atoms with Gasteiger partial charge >= 0.3 is 17.4 Å². The van der Waals surface area contributed by atoms with Gasteiger partial charge in [-0.1, -0.05) is 17.7 Å². The molecule has 0 radical (unpaired) electrons. The molecule has 0 bridgehead atoms. The number of rotatable bonds is 4. The van der Waals surface area contributed by atoms with Crippen molar-refractivity contribution in [1.82, 2.24) is 14.9 Å². The number of benzene rings is 1. The predicted molar refractivity (Wildman–Crippen MR) is 127 cm³/mol. The van der Waals surface area contributed by atoms with Gasteiger partial charge in [0.2, 0.25) is 0 Å². The van der Waals surface area contributed by atoms with Gasteiger partial charge in [-0.15, -0.1) is 0 Å². The molecule has 1 aromatic carbocycles. The Morgan fingerprint density at radius 1 is 1.31 bits per heavy atom. The lowest BCUT2D eigenvalue weighted by Gasteiger charge is -2.41. The van der Waals surface area contributed by atoms with Crippen LogP contribution in [-0.2, 0) is 30.3 Å². The molecule has 0 aliphatic carbocycles. The zero-order valence-electron chi connectivity index (χ0n) is 19.1. The van der Waals surface area contributed by atoms with Gasteiger partial charge in [0.15, 0.2) is 0 Å². The Morgan fingerprint density at radius 3 is 2.69 bits per heavy atom. The van der Waals surface area contributed by atoms with Crippen LogP contribution >= 0.6 is 11.6 Å². The third-order valence-corrected chi connectivity index (χ3v) is 7.26. The van der Waals surface area contributed by atoms with Crippen LogP contribution in [0.2, 0.25) is 5.02 Å². The second-order valence-corrected chi connectivity index (χ2v) is 10.1. The standard InChI is InChI=1S/C22H22ClF3N6O3S/c1-36(35)20-28-16-12-30(17-4-2-3-15(23)18(17)22(24,25)26)8-6-14(16)19(29-20)31-9-10-32(21(33)34)13(11-31)5-7-27/h2-4,13H,5-6,8-12H2,1H3,(H,33,34). The lowest BCUT2D eigenvalue weighted by atomic mass is 10.0. The van der Waals surface area contributed by atoms with E-state index in [-0.39, 0.29) is 43.4 Å². The number of nitrogens with zero attached hydrogens (tertiary/aromatic N) is 6. The Kier molecular flexibility index (Phi) is 7.40. The van der Waals surface area contributed by atoms with Crippen LogP contribution in [0.1, 0.15) is 23.2 Å². The Hall–Kier alpha value is -2.95. The van der Waals surface area contributed by atoms with Crippen molar-refractivity contribution in [2.75, 3.05) is 42.2 Å². The van der Waals surface area contributed by atoms with Gasteiger partial charge in [0.25, 0.3) is 0 Å². The highest BCUT2D eigenvalue weighted by atomic mass is 35.5. The molecule has 2 aliphatic heterocycles. The molecule has 0 saturated carbocycles. The maximum atomic E-state index is 13.8. The van der Waals surface area contributed by atoms with Crippen molar-refractivity contribution in [3.8, 4) is 6.07 Å². The van der Waals surface area contributed by atoms with Crippen LogP contribution in [0.25, 0.3) is 0 Å². The van der Waals surface area contributed by atoms with Crippen LogP contribution in [0.4, 0.5) is 29.5 Å². The molecule has 9 nitrogen and oxygen atoms in total. The molecular weight excluding hydrogens is 521 g/mol. The second-order valence-electron chi connectivity index (χ2n) is 8.45. The molecule has 1 N–H and O–H groups in total. The van der Waals surface area contributed by atoms with Crippen LogP contribution in [0.3, 0.4) is 0 Å². The van der Waals surface area contributed by atoms with Gasteiger partial charge in [0.05, 0.1) is 47.0 Å². The normalized spacial score (nSPS) is 19.0. The first-order valence-electron chi connectivity index (χ1n) is 11.0. The number of alkyl halides is 3. The van der Waals surface area contributed by atoms with Crippen molar-refractivity contribution < 1.29 is 27.6 Å². The van der Waals surface area contributed by atoms with Crippen molar-refractivity contribution in [1.29, 1.82) is 5.26 Å². The summed E-state index contributed by atoms with van der Waals surface area (Å²) in [6.07, 6.45) is -4.06. The molecule has 2 atom stereocenters. The number of aromatic nitrogens is 2. The third-order valence-electron chi connectivity index (χ3n) is 6.25. The van der Waals surface area contributed by atoms with Gasteiger partial charge in [-0.25, -0.2) is 4.79 Å². The first kappa shape index (κ1) is 26.1. The van der Waals surface area contributed by atoms with Crippen molar-refractivity contribution in [3.63, 3.8) is 0 Å². The van der Waals surface area contributed by atoms with Crippen molar-refractivity contribution >= 4 is 40.4 Å². The molecule has 1 aromatic heterocycles. The Labute approximate surface area is 213 Å². The summed E-state index contributed by atoms with van der Waals surface area (Å²) in [5, 5.41) is 18.3. The molecule has 14 heteroatoms. The van der Waals surface area contributed by atoms with Crippen LogP contribution < -0.4 is 9.80 Å². The highest BCUT2D eigenvalue weighted by molar-refractivity contribution is 7.90. The van der Waals surface area contributed by atoms with E-state index in [1.807, 2.05) is 11.0 Å².